The van der Waals surface area contributed by atoms with Crippen molar-refractivity contribution in [2.45, 2.75) is 37.2 Å². The topological polar surface area (TPSA) is 113 Å². The van der Waals surface area contributed by atoms with Crippen LogP contribution in [0.2, 0.25) is 0 Å². The van der Waals surface area contributed by atoms with Gasteiger partial charge in [0.05, 0.1) is 4.90 Å². The third-order valence-corrected chi connectivity index (χ3v) is 6.45. The Morgan fingerprint density at radius 3 is 2.62 bits per heavy atom. The molecule has 0 bridgehead atoms. The van der Waals surface area contributed by atoms with E-state index in [1.165, 1.54) is 17.0 Å². The first-order chi connectivity index (χ1) is 13.7. The molecule has 9 heteroatoms. The molecule has 2 aromatic carbocycles. The molecule has 0 radical (unpaired) electrons. The number of carbonyl (C=O) groups is 3. The summed E-state index contributed by atoms with van der Waals surface area (Å²) >= 11 is 0. The minimum Gasteiger partial charge on any atom is -0.322 e. The lowest BCUT2D eigenvalue weighted by Gasteiger charge is -2.29. The maximum atomic E-state index is 12.7. The molecule has 1 unspecified atom stereocenters. The Hall–Kier alpha value is -3.20. The number of hydrogen-bond donors (Lipinski definition) is 2. The summed E-state index contributed by atoms with van der Waals surface area (Å²) in [4.78, 5) is 37.7. The van der Waals surface area contributed by atoms with Crippen molar-refractivity contribution >= 4 is 33.4 Å². The number of sulfonamides is 1. The number of carbonyl (C=O) groups excluding carboxylic acids is 3. The van der Waals surface area contributed by atoms with Crippen molar-refractivity contribution in [1.29, 1.82) is 0 Å². The van der Waals surface area contributed by atoms with Gasteiger partial charge in [-0.05, 0) is 54.8 Å². The number of imide groups is 1. The summed E-state index contributed by atoms with van der Waals surface area (Å²) < 4.78 is 27.8. The predicted octanol–water partition coefficient (Wildman–Crippen LogP) is 1.56. The SMILES string of the molecule is Cc1cccc(S(=O)(=O)Nc2ccc3c(c2)CN(C2CCC(=O)NC2=O)C3=O)c1. The van der Waals surface area contributed by atoms with Gasteiger partial charge in [0.25, 0.3) is 15.9 Å². The van der Waals surface area contributed by atoms with Gasteiger partial charge in [0.2, 0.25) is 11.8 Å². The molecule has 0 aromatic heterocycles. The lowest BCUT2D eigenvalue weighted by molar-refractivity contribution is -0.136. The molecule has 1 atom stereocenters. The van der Waals surface area contributed by atoms with Crippen molar-refractivity contribution in [2.75, 3.05) is 4.72 Å². The van der Waals surface area contributed by atoms with Gasteiger partial charge in [-0.15, -0.1) is 0 Å². The Morgan fingerprint density at radius 1 is 1.10 bits per heavy atom. The molecule has 2 aliphatic rings. The summed E-state index contributed by atoms with van der Waals surface area (Å²) in [6.45, 7) is 1.99. The van der Waals surface area contributed by atoms with E-state index in [9.17, 15) is 22.8 Å². The van der Waals surface area contributed by atoms with Crippen LogP contribution in [0.3, 0.4) is 0 Å². The minimum absolute atomic E-state index is 0.152. The van der Waals surface area contributed by atoms with Crippen LogP contribution in [0.15, 0.2) is 47.4 Å². The van der Waals surface area contributed by atoms with Crippen LogP contribution in [-0.4, -0.2) is 37.1 Å². The van der Waals surface area contributed by atoms with Crippen molar-refractivity contribution in [3.63, 3.8) is 0 Å². The molecule has 4 rings (SSSR count). The Balaban J connectivity index is 1.56. The molecule has 1 saturated heterocycles. The highest BCUT2D eigenvalue weighted by Gasteiger charge is 2.39. The quantitative estimate of drug-likeness (QED) is 0.739. The standard InChI is InChI=1S/C20H19N3O5S/c1-12-3-2-4-15(9-12)29(27,28)22-14-5-6-16-13(10-14)11-23(20(16)26)17-7-8-18(24)21-19(17)25/h2-6,9-10,17,22H,7-8,11H2,1H3,(H,21,24,25). The molecule has 150 valence electrons. The van der Waals surface area contributed by atoms with E-state index >= 15 is 0 Å². The zero-order chi connectivity index (χ0) is 20.8. The average Bonchev–Trinajstić information content (AvgIpc) is 2.97. The molecule has 0 spiro atoms. The summed E-state index contributed by atoms with van der Waals surface area (Å²) in [5.41, 5.74) is 2.22. The number of nitrogens with zero attached hydrogens (tertiary/aromatic N) is 1. The number of aryl methyl sites for hydroxylation is 1. The van der Waals surface area contributed by atoms with Crippen LogP contribution < -0.4 is 10.0 Å². The molecule has 2 heterocycles. The molecule has 0 saturated carbocycles. The lowest BCUT2D eigenvalue weighted by atomic mass is 10.0. The molecule has 2 aliphatic heterocycles. The summed E-state index contributed by atoms with van der Waals surface area (Å²) in [6.07, 6.45) is 0.454. The Labute approximate surface area is 168 Å². The number of benzene rings is 2. The monoisotopic (exact) mass is 413 g/mol. The normalized spacial score (nSPS) is 19.1. The first-order valence-electron chi connectivity index (χ1n) is 9.12. The number of nitrogens with one attached hydrogen (secondary N) is 2. The fraction of sp³-hybridized carbons (Fsp3) is 0.250. The Bertz CT molecular complexity index is 1140. The van der Waals surface area contributed by atoms with Gasteiger partial charge in [0.15, 0.2) is 0 Å². The van der Waals surface area contributed by atoms with Crippen molar-refractivity contribution in [3.05, 3.63) is 59.2 Å². The first kappa shape index (κ1) is 19.1. The van der Waals surface area contributed by atoms with Gasteiger partial charge in [-0.2, -0.15) is 0 Å². The van der Waals surface area contributed by atoms with Crippen LogP contribution in [0.5, 0.6) is 0 Å². The van der Waals surface area contributed by atoms with Crippen LogP contribution in [-0.2, 0) is 26.2 Å². The molecule has 0 aliphatic carbocycles. The van der Waals surface area contributed by atoms with Crippen molar-refractivity contribution in [1.82, 2.24) is 10.2 Å². The highest BCUT2D eigenvalue weighted by atomic mass is 32.2. The third kappa shape index (κ3) is 3.61. The molecule has 1 fully saturated rings. The average molecular weight is 413 g/mol. The second kappa shape index (κ2) is 7.00. The van der Waals surface area contributed by atoms with Crippen molar-refractivity contribution in [3.8, 4) is 0 Å². The summed E-state index contributed by atoms with van der Waals surface area (Å²) in [5.74, 6) is -1.13. The first-order valence-corrected chi connectivity index (χ1v) is 10.6. The van der Waals surface area contributed by atoms with Crippen molar-refractivity contribution in [2.24, 2.45) is 0 Å². The highest BCUT2D eigenvalue weighted by molar-refractivity contribution is 7.92. The van der Waals surface area contributed by atoms with Crippen molar-refractivity contribution < 1.29 is 22.8 Å². The number of anilines is 1. The molecular weight excluding hydrogens is 394 g/mol. The van der Waals surface area contributed by atoms with E-state index in [1.807, 2.05) is 13.0 Å². The van der Waals surface area contributed by atoms with E-state index in [0.29, 0.717) is 16.8 Å². The fourth-order valence-electron chi connectivity index (χ4n) is 3.63. The molecule has 2 aromatic rings. The number of amides is 3. The number of fused-ring (bicyclic) bond motifs is 1. The maximum Gasteiger partial charge on any atom is 0.261 e. The van der Waals surface area contributed by atoms with Gasteiger partial charge in [0.1, 0.15) is 6.04 Å². The Morgan fingerprint density at radius 2 is 1.90 bits per heavy atom. The number of rotatable bonds is 4. The largest absolute Gasteiger partial charge is 0.322 e. The second-order valence-electron chi connectivity index (χ2n) is 7.19. The number of piperidine rings is 1. The van der Waals surface area contributed by atoms with Gasteiger partial charge < -0.3 is 4.90 Å². The second-order valence-corrected chi connectivity index (χ2v) is 8.88. The zero-order valence-electron chi connectivity index (χ0n) is 15.6. The van der Waals surface area contributed by atoms with E-state index in [2.05, 4.69) is 10.0 Å². The predicted molar refractivity (Wildman–Crippen MR) is 104 cm³/mol. The van der Waals surface area contributed by atoms with E-state index in [0.717, 1.165) is 5.56 Å². The number of hydrogen-bond acceptors (Lipinski definition) is 5. The maximum absolute atomic E-state index is 12.7. The summed E-state index contributed by atoms with van der Waals surface area (Å²) in [5, 5.41) is 2.26. The third-order valence-electron chi connectivity index (χ3n) is 5.08. The van der Waals surface area contributed by atoms with Crippen LogP contribution in [0.25, 0.3) is 0 Å². The molecule has 29 heavy (non-hydrogen) atoms. The highest BCUT2D eigenvalue weighted by Crippen LogP contribution is 2.30. The fourth-order valence-corrected chi connectivity index (χ4v) is 4.79. The van der Waals surface area contributed by atoms with Gasteiger partial charge in [-0.1, -0.05) is 12.1 Å². The summed E-state index contributed by atoms with van der Waals surface area (Å²) in [7, 11) is -3.77. The van der Waals surface area contributed by atoms with Crippen LogP contribution in [0.4, 0.5) is 5.69 Å². The van der Waals surface area contributed by atoms with Crippen LogP contribution >= 0.6 is 0 Å². The Kier molecular flexibility index (Phi) is 4.62. The molecule has 3 amide bonds. The smallest absolute Gasteiger partial charge is 0.261 e. The van der Waals surface area contributed by atoms with Gasteiger partial charge in [0, 0.05) is 24.2 Å². The van der Waals surface area contributed by atoms with E-state index in [4.69, 9.17) is 0 Å². The summed E-state index contributed by atoms with van der Waals surface area (Å²) in [6, 6.07) is 10.5. The van der Waals surface area contributed by atoms with E-state index in [-0.39, 0.29) is 36.1 Å². The van der Waals surface area contributed by atoms with Gasteiger partial charge in [-0.25, -0.2) is 8.42 Å². The lowest BCUT2D eigenvalue weighted by Crippen LogP contribution is -2.52. The van der Waals surface area contributed by atoms with Crippen LogP contribution in [0.1, 0.15) is 34.3 Å². The molecule has 8 nitrogen and oxygen atoms in total. The minimum atomic E-state index is -3.77. The van der Waals surface area contributed by atoms with E-state index in [1.54, 1.807) is 24.3 Å². The van der Waals surface area contributed by atoms with Gasteiger partial charge >= 0.3 is 0 Å². The molecular formula is C20H19N3O5S. The molecule has 2 N–H and O–H groups in total. The van der Waals surface area contributed by atoms with Crippen LogP contribution in [0, 0.1) is 6.92 Å². The zero-order valence-corrected chi connectivity index (χ0v) is 16.5. The van der Waals surface area contributed by atoms with Gasteiger partial charge in [-0.3, -0.25) is 24.4 Å². The van der Waals surface area contributed by atoms with E-state index < -0.39 is 22.0 Å².